The molecule has 0 radical (unpaired) electrons. The summed E-state index contributed by atoms with van der Waals surface area (Å²) in [5, 5.41) is 0. The number of rotatable bonds is 5. The molecular weight excluding hydrogens is 256 g/mol. The van der Waals surface area contributed by atoms with Crippen LogP contribution >= 0.6 is 12.4 Å². The highest BCUT2D eigenvalue weighted by Crippen LogP contribution is 2.27. The lowest BCUT2D eigenvalue weighted by atomic mass is 9.82. The van der Waals surface area contributed by atoms with Gasteiger partial charge in [0.1, 0.15) is 0 Å². The molecule has 0 bridgehead atoms. The molecule has 0 aliphatic heterocycles. The fourth-order valence-electron chi connectivity index (χ4n) is 2.38. The maximum Gasteiger partial charge on any atom is 0.0465 e. The number of benzene rings is 1. The van der Waals surface area contributed by atoms with Gasteiger partial charge < -0.3 is 5.73 Å². The van der Waals surface area contributed by atoms with Crippen LogP contribution < -0.4 is 5.73 Å². The van der Waals surface area contributed by atoms with Gasteiger partial charge in [0.25, 0.3) is 0 Å². The van der Waals surface area contributed by atoms with Gasteiger partial charge in [-0.2, -0.15) is 0 Å². The second-order valence-electron chi connectivity index (χ2n) is 4.77. The third-order valence-electron chi connectivity index (χ3n) is 3.27. The first-order valence-electron chi connectivity index (χ1n) is 6.49. The Morgan fingerprint density at radius 3 is 2.32 bits per heavy atom. The lowest BCUT2D eigenvalue weighted by Gasteiger charge is -2.29. The highest BCUT2D eigenvalue weighted by atomic mass is 35.5. The van der Waals surface area contributed by atoms with Gasteiger partial charge in [0.05, 0.1) is 0 Å². The summed E-state index contributed by atoms with van der Waals surface area (Å²) in [5.74, 6) is 0. The van der Waals surface area contributed by atoms with E-state index in [0.29, 0.717) is 0 Å². The van der Waals surface area contributed by atoms with Crippen LogP contribution in [0.15, 0.2) is 54.7 Å². The Balaban J connectivity index is 0.00000180. The minimum Gasteiger partial charge on any atom is -0.321 e. The van der Waals surface area contributed by atoms with Crippen molar-refractivity contribution in [2.75, 3.05) is 0 Å². The van der Waals surface area contributed by atoms with Gasteiger partial charge in [0, 0.05) is 23.9 Å². The molecule has 1 aromatic heterocycles. The highest BCUT2D eigenvalue weighted by Gasteiger charge is 2.26. The minimum atomic E-state index is -0.315. The summed E-state index contributed by atoms with van der Waals surface area (Å²) in [6.45, 7) is 2.17. The van der Waals surface area contributed by atoms with E-state index < -0.39 is 0 Å². The molecule has 0 saturated heterocycles. The van der Waals surface area contributed by atoms with Crippen LogP contribution in [-0.4, -0.2) is 4.98 Å². The van der Waals surface area contributed by atoms with Crippen molar-refractivity contribution in [3.8, 4) is 0 Å². The van der Waals surface area contributed by atoms with Crippen LogP contribution in [0, 0.1) is 0 Å². The van der Waals surface area contributed by atoms with Gasteiger partial charge in [-0.1, -0.05) is 49.7 Å². The van der Waals surface area contributed by atoms with E-state index in [1.807, 2.05) is 42.6 Å². The van der Waals surface area contributed by atoms with Crippen LogP contribution in [0.25, 0.3) is 0 Å². The molecule has 0 aliphatic carbocycles. The summed E-state index contributed by atoms with van der Waals surface area (Å²) in [7, 11) is 0. The predicted octanol–water partition coefficient (Wildman–Crippen LogP) is 3.70. The molecule has 1 atom stereocenters. The van der Waals surface area contributed by atoms with Crippen molar-refractivity contribution >= 4 is 12.4 Å². The molecular formula is C16H21ClN2. The summed E-state index contributed by atoms with van der Waals surface area (Å²) < 4.78 is 0. The van der Waals surface area contributed by atoms with Crippen LogP contribution in [0.4, 0.5) is 0 Å². The molecule has 0 fully saturated rings. The summed E-state index contributed by atoms with van der Waals surface area (Å²) in [4.78, 5) is 4.39. The van der Waals surface area contributed by atoms with Crippen LogP contribution in [0.3, 0.4) is 0 Å². The predicted molar refractivity (Wildman–Crippen MR) is 82.4 cm³/mol. The molecule has 2 N–H and O–H groups in total. The van der Waals surface area contributed by atoms with E-state index in [1.165, 1.54) is 5.56 Å². The van der Waals surface area contributed by atoms with E-state index in [9.17, 15) is 0 Å². The molecule has 1 heterocycles. The maximum absolute atomic E-state index is 6.62. The molecule has 19 heavy (non-hydrogen) atoms. The standard InChI is InChI=1S/C16H20N2.ClH/c1-2-11-16(17,14-8-4-3-5-9-14)13-15-10-6-7-12-18-15;/h3-10,12H,2,11,13,17H2,1H3;1H. The zero-order valence-corrected chi connectivity index (χ0v) is 12.1. The molecule has 0 amide bonds. The average Bonchev–Trinajstić information content (AvgIpc) is 2.41. The summed E-state index contributed by atoms with van der Waals surface area (Å²) in [6.07, 6.45) is 4.64. The number of hydrogen-bond donors (Lipinski definition) is 1. The number of aromatic nitrogens is 1. The smallest absolute Gasteiger partial charge is 0.0465 e. The molecule has 0 spiro atoms. The second-order valence-corrected chi connectivity index (χ2v) is 4.77. The van der Waals surface area contributed by atoms with Crippen LogP contribution in [0.1, 0.15) is 31.0 Å². The molecule has 2 aromatic rings. The summed E-state index contributed by atoms with van der Waals surface area (Å²) in [5.41, 5.74) is 8.55. The third kappa shape index (κ3) is 4.05. The van der Waals surface area contributed by atoms with E-state index in [-0.39, 0.29) is 17.9 Å². The Kier molecular flexibility index (Phi) is 6.00. The molecule has 1 unspecified atom stereocenters. The topological polar surface area (TPSA) is 38.9 Å². The van der Waals surface area contributed by atoms with Gasteiger partial charge >= 0.3 is 0 Å². The van der Waals surface area contributed by atoms with E-state index in [2.05, 4.69) is 24.0 Å². The third-order valence-corrected chi connectivity index (χ3v) is 3.27. The lowest BCUT2D eigenvalue weighted by Crippen LogP contribution is -2.39. The summed E-state index contributed by atoms with van der Waals surface area (Å²) >= 11 is 0. The fourth-order valence-corrected chi connectivity index (χ4v) is 2.38. The molecule has 0 saturated carbocycles. The number of nitrogens with zero attached hydrogens (tertiary/aromatic N) is 1. The molecule has 3 heteroatoms. The van der Waals surface area contributed by atoms with Gasteiger partial charge in [-0.25, -0.2) is 0 Å². The van der Waals surface area contributed by atoms with E-state index in [4.69, 9.17) is 5.73 Å². The van der Waals surface area contributed by atoms with Crippen LogP contribution in [-0.2, 0) is 12.0 Å². The van der Waals surface area contributed by atoms with E-state index in [0.717, 1.165) is 25.0 Å². The van der Waals surface area contributed by atoms with Gasteiger partial charge in [-0.3, -0.25) is 4.98 Å². The van der Waals surface area contributed by atoms with Gasteiger partial charge in [0.2, 0.25) is 0 Å². The van der Waals surface area contributed by atoms with Crippen molar-refractivity contribution in [3.05, 3.63) is 66.0 Å². The number of hydrogen-bond acceptors (Lipinski definition) is 2. The van der Waals surface area contributed by atoms with Crippen LogP contribution in [0.5, 0.6) is 0 Å². The highest BCUT2D eigenvalue weighted by molar-refractivity contribution is 5.85. The largest absolute Gasteiger partial charge is 0.321 e. The first-order chi connectivity index (χ1) is 8.74. The van der Waals surface area contributed by atoms with Gasteiger partial charge in [-0.15, -0.1) is 12.4 Å². The quantitative estimate of drug-likeness (QED) is 0.904. The SMILES string of the molecule is CCCC(N)(Cc1ccccn1)c1ccccc1.Cl. The Bertz CT molecular complexity index is 473. The normalized spacial score (nSPS) is 13.4. The molecule has 2 rings (SSSR count). The lowest BCUT2D eigenvalue weighted by molar-refractivity contribution is 0.397. The van der Waals surface area contributed by atoms with Crippen molar-refractivity contribution in [2.24, 2.45) is 5.73 Å². The summed E-state index contributed by atoms with van der Waals surface area (Å²) in [6, 6.07) is 16.3. The van der Waals surface area contributed by atoms with Gasteiger partial charge in [-0.05, 0) is 24.1 Å². The van der Waals surface area contributed by atoms with Crippen molar-refractivity contribution in [2.45, 2.75) is 31.7 Å². The Morgan fingerprint density at radius 2 is 1.74 bits per heavy atom. The Hall–Kier alpha value is -1.38. The van der Waals surface area contributed by atoms with Crippen LogP contribution in [0.2, 0.25) is 0 Å². The molecule has 2 nitrogen and oxygen atoms in total. The number of nitrogens with two attached hydrogens (primary N) is 1. The minimum absolute atomic E-state index is 0. The molecule has 0 aliphatic rings. The number of halogens is 1. The first kappa shape index (κ1) is 15.7. The Labute approximate surface area is 121 Å². The van der Waals surface area contributed by atoms with Crippen molar-refractivity contribution in [3.63, 3.8) is 0 Å². The zero-order chi connectivity index (χ0) is 12.8. The van der Waals surface area contributed by atoms with E-state index in [1.54, 1.807) is 0 Å². The zero-order valence-electron chi connectivity index (χ0n) is 11.3. The first-order valence-corrected chi connectivity index (χ1v) is 6.49. The maximum atomic E-state index is 6.62. The monoisotopic (exact) mass is 276 g/mol. The molecule has 1 aromatic carbocycles. The van der Waals surface area contributed by atoms with Crippen molar-refractivity contribution in [1.29, 1.82) is 0 Å². The number of pyridine rings is 1. The average molecular weight is 277 g/mol. The van der Waals surface area contributed by atoms with E-state index >= 15 is 0 Å². The second kappa shape index (κ2) is 7.27. The van der Waals surface area contributed by atoms with Crippen molar-refractivity contribution in [1.82, 2.24) is 4.98 Å². The fraction of sp³-hybridized carbons (Fsp3) is 0.312. The van der Waals surface area contributed by atoms with Gasteiger partial charge in [0.15, 0.2) is 0 Å². The molecule has 102 valence electrons. The van der Waals surface area contributed by atoms with Crippen molar-refractivity contribution < 1.29 is 0 Å². The Morgan fingerprint density at radius 1 is 1.05 bits per heavy atom.